The summed E-state index contributed by atoms with van der Waals surface area (Å²) < 4.78 is 0. The SMILES string of the molecule is CC(=O)C1(c2ccc(C)cc2)CCNCC1.Cl. The van der Waals surface area contributed by atoms with Gasteiger partial charge in [-0.2, -0.15) is 0 Å². The lowest BCUT2D eigenvalue weighted by Crippen LogP contribution is -2.44. The van der Waals surface area contributed by atoms with Crippen LogP contribution in [0.5, 0.6) is 0 Å². The lowest BCUT2D eigenvalue weighted by Gasteiger charge is -2.36. The molecule has 0 bridgehead atoms. The zero-order valence-corrected chi connectivity index (χ0v) is 11.3. The van der Waals surface area contributed by atoms with Gasteiger partial charge in [0.15, 0.2) is 0 Å². The fourth-order valence-electron chi connectivity index (χ4n) is 2.57. The van der Waals surface area contributed by atoms with Crippen molar-refractivity contribution in [3.05, 3.63) is 35.4 Å². The van der Waals surface area contributed by atoms with E-state index in [0.717, 1.165) is 25.9 Å². The van der Waals surface area contributed by atoms with Gasteiger partial charge >= 0.3 is 0 Å². The Kier molecular flexibility index (Phi) is 4.72. The number of piperidine rings is 1. The Morgan fingerprint density at radius 2 is 1.71 bits per heavy atom. The molecule has 17 heavy (non-hydrogen) atoms. The minimum Gasteiger partial charge on any atom is -0.317 e. The smallest absolute Gasteiger partial charge is 0.140 e. The number of carbonyl (C=O) groups excluding carboxylic acids is 1. The summed E-state index contributed by atoms with van der Waals surface area (Å²) in [5.41, 5.74) is 2.20. The Bertz CT molecular complexity index is 380. The molecule has 1 aromatic carbocycles. The van der Waals surface area contributed by atoms with E-state index in [2.05, 4.69) is 36.5 Å². The van der Waals surface area contributed by atoms with Crippen LogP contribution in [0.4, 0.5) is 0 Å². The maximum Gasteiger partial charge on any atom is 0.140 e. The largest absolute Gasteiger partial charge is 0.317 e. The Morgan fingerprint density at radius 3 is 2.18 bits per heavy atom. The molecule has 2 rings (SSSR count). The van der Waals surface area contributed by atoms with Crippen LogP contribution < -0.4 is 5.32 Å². The van der Waals surface area contributed by atoms with Crippen LogP contribution >= 0.6 is 12.4 Å². The van der Waals surface area contributed by atoms with Crippen molar-refractivity contribution in [2.45, 2.75) is 32.1 Å². The first-order chi connectivity index (χ1) is 7.65. The molecule has 0 radical (unpaired) electrons. The van der Waals surface area contributed by atoms with E-state index < -0.39 is 0 Å². The molecule has 0 spiro atoms. The highest BCUT2D eigenvalue weighted by atomic mass is 35.5. The van der Waals surface area contributed by atoms with E-state index in [1.54, 1.807) is 6.92 Å². The quantitative estimate of drug-likeness (QED) is 0.878. The number of halogens is 1. The first kappa shape index (κ1) is 14.2. The molecule has 94 valence electrons. The van der Waals surface area contributed by atoms with E-state index in [9.17, 15) is 4.79 Å². The van der Waals surface area contributed by atoms with E-state index in [4.69, 9.17) is 0 Å². The number of nitrogens with one attached hydrogen (secondary N) is 1. The molecule has 2 nitrogen and oxygen atoms in total. The molecule has 0 amide bonds. The van der Waals surface area contributed by atoms with Crippen molar-refractivity contribution in [1.82, 2.24) is 5.32 Å². The summed E-state index contributed by atoms with van der Waals surface area (Å²) in [4.78, 5) is 12.0. The normalized spacial score (nSPS) is 18.2. The average molecular weight is 254 g/mol. The molecule has 1 aliphatic rings. The van der Waals surface area contributed by atoms with Gasteiger partial charge in [-0.3, -0.25) is 4.79 Å². The monoisotopic (exact) mass is 253 g/mol. The highest BCUT2D eigenvalue weighted by Crippen LogP contribution is 2.34. The first-order valence-electron chi connectivity index (χ1n) is 5.94. The maximum atomic E-state index is 12.0. The molecular weight excluding hydrogens is 234 g/mol. The van der Waals surface area contributed by atoms with Gasteiger partial charge in [0, 0.05) is 0 Å². The molecule has 0 unspecified atom stereocenters. The molecule has 1 aromatic rings. The van der Waals surface area contributed by atoms with Gasteiger partial charge in [-0.05, 0) is 45.3 Å². The molecule has 0 saturated carbocycles. The van der Waals surface area contributed by atoms with Gasteiger partial charge in [0.05, 0.1) is 5.41 Å². The van der Waals surface area contributed by atoms with E-state index in [0.29, 0.717) is 5.78 Å². The molecule has 0 atom stereocenters. The van der Waals surface area contributed by atoms with Crippen LogP contribution in [0.3, 0.4) is 0 Å². The molecule has 0 aromatic heterocycles. The number of aryl methyl sites for hydroxylation is 1. The fraction of sp³-hybridized carbons (Fsp3) is 0.500. The van der Waals surface area contributed by atoms with Crippen molar-refractivity contribution in [2.75, 3.05) is 13.1 Å². The summed E-state index contributed by atoms with van der Waals surface area (Å²) >= 11 is 0. The van der Waals surface area contributed by atoms with Crippen molar-refractivity contribution in [3.63, 3.8) is 0 Å². The average Bonchev–Trinajstić information content (AvgIpc) is 2.30. The van der Waals surface area contributed by atoms with Gasteiger partial charge in [-0.1, -0.05) is 29.8 Å². The second-order valence-corrected chi connectivity index (χ2v) is 4.75. The Balaban J connectivity index is 0.00000144. The second kappa shape index (κ2) is 5.65. The van der Waals surface area contributed by atoms with Crippen LogP contribution in [0.25, 0.3) is 0 Å². The third-order valence-corrected chi connectivity index (χ3v) is 3.74. The van der Waals surface area contributed by atoms with Crippen LogP contribution in [0.1, 0.15) is 30.9 Å². The predicted molar refractivity (Wildman–Crippen MR) is 72.9 cm³/mol. The van der Waals surface area contributed by atoms with Crippen LogP contribution in [0.15, 0.2) is 24.3 Å². The Morgan fingerprint density at radius 1 is 1.18 bits per heavy atom. The van der Waals surface area contributed by atoms with E-state index in [1.165, 1.54) is 11.1 Å². The van der Waals surface area contributed by atoms with Crippen LogP contribution in [-0.4, -0.2) is 18.9 Å². The number of Topliss-reactive ketones (excluding diaryl/α,β-unsaturated/α-hetero) is 1. The highest BCUT2D eigenvalue weighted by molar-refractivity contribution is 5.88. The number of rotatable bonds is 2. The standard InChI is InChI=1S/C14H19NO.ClH/c1-11-3-5-13(6-4-11)14(12(2)16)7-9-15-10-8-14;/h3-6,15H,7-10H2,1-2H3;1H. The van der Waals surface area contributed by atoms with Gasteiger partial charge in [0.25, 0.3) is 0 Å². The molecule has 1 fully saturated rings. The van der Waals surface area contributed by atoms with E-state index >= 15 is 0 Å². The molecule has 1 N–H and O–H groups in total. The molecular formula is C14H20ClNO. The first-order valence-corrected chi connectivity index (χ1v) is 5.94. The number of hydrogen-bond acceptors (Lipinski definition) is 2. The van der Waals surface area contributed by atoms with Gasteiger partial charge < -0.3 is 5.32 Å². The van der Waals surface area contributed by atoms with Crippen molar-refractivity contribution in [1.29, 1.82) is 0 Å². The zero-order valence-electron chi connectivity index (χ0n) is 10.5. The second-order valence-electron chi connectivity index (χ2n) is 4.75. The summed E-state index contributed by atoms with van der Waals surface area (Å²) in [6, 6.07) is 8.42. The third kappa shape index (κ3) is 2.70. The minimum atomic E-state index is -0.237. The minimum absolute atomic E-state index is 0. The maximum absolute atomic E-state index is 12.0. The van der Waals surface area contributed by atoms with Crippen LogP contribution in [-0.2, 0) is 10.2 Å². The molecule has 1 aliphatic heterocycles. The molecule has 1 saturated heterocycles. The highest BCUT2D eigenvalue weighted by Gasteiger charge is 2.38. The number of ketones is 1. The number of hydrogen-bond donors (Lipinski definition) is 1. The van der Waals surface area contributed by atoms with Gasteiger partial charge in [0.1, 0.15) is 5.78 Å². The molecule has 0 aliphatic carbocycles. The van der Waals surface area contributed by atoms with Gasteiger partial charge in [0.2, 0.25) is 0 Å². The topological polar surface area (TPSA) is 29.1 Å². The van der Waals surface area contributed by atoms with Crippen molar-refractivity contribution in [3.8, 4) is 0 Å². The number of benzene rings is 1. The predicted octanol–water partition coefficient (Wildman–Crippen LogP) is 2.63. The third-order valence-electron chi connectivity index (χ3n) is 3.74. The van der Waals surface area contributed by atoms with E-state index in [-0.39, 0.29) is 17.8 Å². The number of carbonyl (C=O) groups is 1. The summed E-state index contributed by atoms with van der Waals surface area (Å²) in [5.74, 6) is 0.304. The lowest BCUT2D eigenvalue weighted by molar-refractivity contribution is -0.123. The summed E-state index contributed by atoms with van der Waals surface area (Å²) in [7, 11) is 0. The van der Waals surface area contributed by atoms with Crippen molar-refractivity contribution < 1.29 is 4.79 Å². The fourth-order valence-corrected chi connectivity index (χ4v) is 2.57. The van der Waals surface area contributed by atoms with Crippen molar-refractivity contribution >= 4 is 18.2 Å². The van der Waals surface area contributed by atoms with Crippen LogP contribution in [0.2, 0.25) is 0 Å². The van der Waals surface area contributed by atoms with Crippen molar-refractivity contribution in [2.24, 2.45) is 0 Å². The lowest BCUT2D eigenvalue weighted by atomic mass is 9.70. The Labute approximate surface area is 109 Å². The van der Waals surface area contributed by atoms with E-state index in [1.807, 2.05) is 0 Å². The molecule has 1 heterocycles. The van der Waals surface area contributed by atoms with Gasteiger partial charge in [-0.15, -0.1) is 12.4 Å². The summed E-state index contributed by atoms with van der Waals surface area (Å²) in [6.07, 6.45) is 1.84. The Hall–Kier alpha value is -0.860. The summed E-state index contributed by atoms with van der Waals surface area (Å²) in [6.45, 7) is 5.68. The van der Waals surface area contributed by atoms with Gasteiger partial charge in [-0.25, -0.2) is 0 Å². The zero-order chi connectivity index (χ0) is 11.6. The summed E-state index contributed by atoms with van der Waals surface area (Å²) in [5, 5.41) is 3.32. The molecule has 3 heteroatoms. The van der Waals surface area contributed by atoms with Crippen LogP contribution in [0, 0.1) is 6.92 Å².